The van der Waals surface area contributed by atoms with Gasteiger partial charge in [-0.2, -0.15) is 4.98 Å². The molecule has 0 aliphatic carbocycles. The van der Waals surface area contributed by atoms with E-state index >= 15 is 4.39 Å². The first-order valence-electron chi connectivity index (χ1n) is 13.3. The monoisotopic (exact) mass is 689 g/mol. The van der Waals surface area contributed by atoms with Crippen LogP contribution in [0, 0.1) is 0 Å². The van der Waals surface area contributed by atoms with E-state index in [9.17, 15) is 13.9 Å². The van der Waals surface area contributed by atoms with Crippen molar-refractivity contribution in [1.82, 2.24) is 44.1 Å². The molecular weight excluding hydrogens is 663 g/mol. The number of alkyl halides is 1. The number of ether oxygens (including phenoxy) is 3. The number of nitrogens with two attached hydrogens (primary N) is 2. The van der Waals surface area contributed by atoms with Gasteiger partial charge in [-0.05, 0) is 0 Å². The zero-order valence-corrected chi connectivity index (χ0v) is 25.8. The summed E-state index contributed by atoms with van der Waals surface area (Å²) in [5.74, 6) is -0.0971. The number of imidazole rings is 2. The molecule has 0 spiro atoms. The lowest BCUT2D eigenvalue weighted by molar-refractivity contribution is -0.0499. The molecule has 6 N–H and O–H groups in total. The Morgan fingerprint density at radius 2 is 1.82 bits per heavy atom. The number of halogens is 1. The van der Waals surface area contributed by atoms with Gasteiger partial charge in [-0.3, -0.25) is 32.5 Å². The molecule has 3 saturated heterocycles. The largest absolute Gasteiger partial charge is 0.386 e. The summed E-state index contributed by atoms with van der Waals surface area (Å²) in [6.07, 6.45) is -4.91. The number of hydrogen-bond acceptors (Lipinski definition) is 16. The summed E-state index contributed by atoms with van der Waals surface area (Å²) in [6.45, 7) is -5.14. The fourth-order valence-electron chi connectivity index (χ4n) is 5.59. The highest BCUT2D eigenvalue weighted by Crippen LogP contribution is 2.57. The van der Waals surface area contributed by atoms with Gasteiger partial charge >= 0.3 is 6.80 Å². The number of methoxy groups -OCH3 is 1. The molecule has 3 fully saturated rings. The first kappa shape index (κ1) is 30.6. The summed E-state index contributed by atoms with van der Waals surface area (Å²) in [4.78, 5) is 35.1. The third-order valence-electron chi connectivity index (χ3n) is 7.59. The Morgan fingerprint density at radius 1 is 1.09 bits per heavy atom. The number of H-pyrrole nitrogens is 1. The molecule has 24 heteroatoms. The van der Waals surface area contributed by atoms with Gasteiger partial charge in [-0.25, -0.2) is 34.0 Å². The smallest absolute Gasteiger partial charge is 0.382 e. The Kier molecular flexibility index (Phi) is 7.92. The summed E-state index contributed by atoms with van der Waals surface area (Å²) in [7, 11) is -1.81. The van der Waals surface area contributed by atoms with Crippen LogP contribution in [0.5, 0.6) is 0 Å². The molecule has 20 nitrogen and oxygen atoms in total. The lowest BCUT2D eigenvalue weighted by Crippen LogP contribution is -2.41. The average molecular weight is 690 g/mol. The lowest BCUT2D eigenvalue weighted by Gasteiger charge is -2.27. The molecule has 7 heterocycles. The van der Waals surface area contributed by atoms with Crippen molar-refractivity contribution in [2.24, 2.45) is 0 Å². The number of nitrogens with zero attached hydrogens (tertiary/aromatic N) is 7. The molecule has 45 heavy (non-hydrogen) atoms. The van der Waals surface area contributed by atoms with Crippen molar-refractivity contribution in [1.29, 1.82) is 0 Å². The van der Waals surface area contributed by atoms with Crippen molar-refractivity contribution in [3.8, 4) is 0 Å². The predicted molar refractivity (Wildman–Crippen MR) is 155 cm³/mol. The fraction of sp³-hybridized carbons (Fsp3) is 0.524. The summed E-state index contributed by atoms with van der Waals surface area (Å²) < 4.78 is 80.2. The van der Waals surface area contributed by atoms with Gasteiger partial charge in [0.25, 0.3) is 13.7 Å². The van der Waals surface area contributed by atoms with Crippen LogP contribution in [0.4, 0.5) is 16.2 Å². The van der Waals surface area contributed by atoms with Crippen molar-refractivity contribution in [2.75, 3.05) is 31.8 Å². The third kappa shape index (κ3) is 5.43. The van der Waals surface area contributed by atoms with Crippen molar-refractivity contribution in [3.05, 3.63) is 29.3 Å². The van der Waals surface area contributed by atoms with Gasteiger partial charge in [0.05, 0.1) is 31.9 Å². The van der Waals surface area contributed by atoms with Crippen LogP contribution in [-0.4, -0.2) is 96.0 Å². The van der Waals surface area contributed by atoms with Gasteiger partial charge in [-0.1, -0.05) is 12.2 Å². The van der Waals surface area contributed by atoms with Crippen molar-refractivity contribution < 1.29 is 41.3 Å². The number of rotatable bonds is 3. The maximum absolute atomic E-state index is 16.0. The third-order valence-corrected chi connectivity index (χ3v) is 10.2. The van der Waals surface area contributed by atoms with Crippen LogP contribution in [0.15, 0.2) is 23.8 Å². The minimum absolute atomic E-state index is 0.0406. The Hall–Kier alpha value is -3.04. The molecule has 0 radical (unpaired) electrons. The molecule has 242 valence electrons. The van der Waals surface area contributed by atoms with Crippen LogP contribution in [0.1, 0.15) is 12.5 Å². The molecule has 3 aliphatic heterocycles. The molecule has 4 aromatic heterocycles. The fourth-order valence-corrected chi connectivity index (χ4v) is 8.06. The molecule has 9 unspecified atom stereocenters. The highest BCUT2D eigenvalue weighted by atomic mass is 32.7. The van der Waals surface area contributed by atoms with Crippen LogP contribution < -0.4 is 22.1 Å². The molecule has 0 saturated carbocycles. The van der Waals surface area contributed by atoms with Gasteiger partial charge in [-0.15, -0.1) is 0 Å². The topological polar surface area (TPSA) is 261 Å². The SMILES string of the molecule is COC1C2CO[PH](=O)NC3C(CO[P@](=O)(S)OC1C(n1cnc4c(=O)[nH]c(N)nc41)O2)OC(n1cnc2c(N)ncnc21)C3F. The summed E-state index contributed by atoms with van der Waals surface area (Å²) in [6, 6.07) is -1.26. The van der Waals surface area contributed by atoms with Crippen LogP contribution in [0.2, 0.25) is 0 Å². The Bertz CT molecular complexity index is 1900. The summed E-state index contributed by atoms with van der Waals surface area (Å²) in [5, 5.41) is 2.64. The minimum atomic E-state index is -4.29. The van der Waals surface area contributed by atoms with Crippen LogP contribution >= 0.6 is 27.2 Å². The first-order chi connectivity index (χ1) is 21.5. The maximum atomic E-state index is 16.0. The normalized spacial score (nSPS) is 36.0. The van der Waals surface area contributed by atoms with E-state index in [-0.39, 0.29) is 40.7 Å². The van der Waals surface area contributed by atoms with E-state index in [2.05, 4.69) is 47.2 Å². The van der Waals surface area contributed by atoms with Crippen LogP contribution in [0.3, 0.4) is 0 Å². The molecular formula is C21H26FN11O9P2S. The van der Waals surface area contributed by atoms with E-state index in [0.717, 1.165) is 0 Å². The number of nitrogens with one attached hydrogen (secondary N) is 2. The van der Waals surface area contributed by atoms with Crippen molar-refractivity contribution in [3.63, 3.8) is 0 Å². The van der Waals surface area contributed by atoms with Gasteiger partial charge < -0.3 is 30.2 Å². The predicted octanol–water partition coefficient (Wildman–Crippen LogP) is 0.0896. The zero-order valence-electron chi connectivity index (χ0n) is 23.0. The number of aromatic amines is 1. The average Bonchev–Trinajstić information content (AvgIpc) is 3.75. The zero-order chi connectivity index (χ0) is 31.6. The number of thiol groups is 1. The number of nitrogen functional groups attached to an aromatic ring is 2. The van der Waals surface area contributed by atoms with Crippen LogP contribution in [0.25, 0.3) is 22.3 Å². The molecule has 4 aromatic rings. The van der Waals surface area contributed by atoms with E-state index in [1.54, 1.807) is 0 Å². The second-order valence-corrected chi connectivity index (χ2v) is 14.3. The molecule has 10 atom stereocenters. The Morgan fingerprint density at radius 3 is 2.60 bits per heavy atom. The molecule has 2 bridgehead atoms. The number of hydrogen-bond donors (Lipinski definition) is 5. The summed E-state index contributed by atoms with van der Waals surface area (Å²) in [5.41, 5.74) is 11.4. The van der Waals surface area contributed by atoms with Crippen LogP contribution in [-0.2, 0) is 36.9 Å². The maximum Gasteiger partial charge on any atom is 0.386 e. The van der Waals surface area contributed by atoms with E-state index in [4.69, 9.17) is 39.2 Å². The summed E-state index contributed by atoms with van der Waals surface area (Å²) >= 11 is 4.16. The molecule has 0 amide bonds. The quantitative estimate of drug-likeness (QED) is 0.141. The van der Waals surface area contributed by atoms with E-state index in [1.165, 1.54) is 35.2 Å². The second kappa shape index (κ2) is 11.6. The lowest BCUT2D eigenvalue weighted by atomic mass is 10.1. The van der Waals surface area contributed by atoms with E-state index in [0.29, 0.717) is 0 Å². The van der Waals surface area contributed by atoms with E-state index < -0.39 is 76.2 Å². The highest BCUT2D eigenvalue weighted by Gasteiger charge is 2.52. The van der Waals surface area contributed by atoms with Gasteiger partial charge in [0.1, 0.15) is 36.3 Å². The van der Waals surface area contributed by atoms with Gasteiger partial charge in [0.15, 0.2) is 41.3 Å². The standard InChI is InChI=1S/C21H26FN11O9P2S/c1-37-13-8-2-38-43(35)31-10-7(40-19(9(10)22)32-5-27-11-15(23)25-4-26-16(11)32)3-39-44(36,45)42-14(13)20(41-8)33-6-28-12-17(33)29-21(24)30-18(12)34/h4-10,13-14,19-20,43H,2-3H2,1H3,(H,31,35)(H,36,45)(H2,23,25,26)(H3,24,29,30,34)/t7?,8?,9?,10?,13?,14?,19?,20?,44-/m0/s1. The van der Waals surface area contributed by atoms with Crippen molar-refractivity contribution >= 4 is 61.3 Å². The van der Waals surface area contributed by atoms with Gasteiger partial charge in [0, 0.05) is 7.11 Å². The Balaban J connectivity index is 1.20. The number of aromatic nitrogens is 8. The number of anilines is 2. The molecule has 7 rings (SSSR count). The molecule has 3 aliphatic rings. The van der Waals surface area contributed by atoms with Crippen molar-refractivity contribution in [2.45, 2.75) is 49.1 Å². The number of fused-ring (bicyclic) bond motifs is 5. The Labute approximate surface area is 256 Å². The first-order valence-corrected chi connectivity index (χ1v) is 17.3. The highest BCUT2D eigenvalue weighted by molar-refractivity contribution is 8.44. The van der Waals surface area contributed by atoms with E-state index in [1.807, 2.05) is 0 Å². The second-order valence-electron chi connectivity index (χ2n) is 10.2. The molecule has 0 aromatic carbocycles. The minimum Gasteiger partial charge on any atom is -0.382 e. The van der Waals surface area contributed by atoms with Gasteiger partial charge in [0.2, 0.25) is 5.95 Å².